The lowest BCUT2D eigenvalue weighted by Crippen LogP contribution is -2.35. The van der Waals surface area contributed by atoms with Crippen LogP contribution >= 0.6 is 0 Å². The monoisotopic (exact) mass is 265 g/mol. The lowest BCUT2D eigenvalue weighted by atomic mass is 10.4. The molecular formula is C14H23N3O2. The van der Waals surface area contributed by atoms with Crippen molar-refractivity contribution in [2.75, 3.05) is 25.0 Å². The standard InChI is InChI=1S/C14H23N3O2/c1-5-17(6-2)13(18)10-16-14-12(19-11(3)4)8-7-9-15-14/h7-9,11H,5-6,10H2,1-4H3,(H,15,16). The summed E-state index contributed by atoms with van der Waals surface area (Å²) in [6.07, 6.45) is 1.75. The van der Waals surface area contributed by atoms with Crippen LogP contribution in [-0.4, -0.2) is 41.5 Å². The third-order valence-corrected chi connectivity index (χ3v) is 2.66. The summed E-state index contributed by atoms with van der Waals surface area (Å²) >= 11 is 0. The Labute approximate surface area is 115 Å². The fourth-order valence-electron chi connectivity index (χ4n) is 1.72. The summed E-state index contributed by atoms with van der Waals surface area (Å²) in [6.45, 7) is 9.51. The Hall–Kier alpha value is -1.78. The molecule has 0 fully saturated rings. The Bertz CT molecular complexity index is 403. The van der Waals surface area contributed by atoms with Crippen molar-refractivity contribution >= 4 is 11.7 Å². The van der Waals surface area contributed by atoms with Crippen LogP contribution in [0.15, 0.2) is 18.3 Å². The van der Waals surface area contributed by atoms with E-state index in [1.165, 1.54) is 0 Å². The number of pyridine rings is 1. The number of carbonyl (C=O) groups excluding carboxylic acids is 1. The molecule has 0 atom stereocenters. The van der Waals surface area contributed by atoms with Gasteiger partial charge < -0.3 is 15.0 Å². The van der Waals surface area contributed by atoms with Gasteiger partial charge in [0.2, 0.25) is 5.91 Å². The summed E-state index contributed by atoms with van der Waals surface area (Å²) in [7, 11) is 0. The molecule has 0 aromatic carbocycles. The first-order chi connectivity index (χ1) is 9.08. The second-order valence-corrected chi connectivity index (χ2v) is 4.44. The van der Waals surface area contributed by atoms with E-state index in [-0.39, 0.29) is 18.6 Å². The van der Waals surface area contributed by atoms with E-state index in [1.807, 2.05) is 39.8 Å². The third-order valence-electron chi connectivity index (χ3n) is 2.66. The zero-order chi connectivity index (χ0) is 14.3. The van der Waals surface area contributed by atoms with Gasteiger partial charge in [-0.05, 0) is 39.8 Å². The van der Waals surface area contributed by atoms with Gasteiger partial charge in [-0.1, -0.05) is 0 Å². The molecule has 1 aromatic rings. The van der Waals surface area contributed by atoms with Crippen molar-refractivity contribution in [2.45, 2.75) is 33.8 Å². The highest BCUT2D eigenvalue weighted by Gasteiger charge is 2.11. The Morgan fingerprint density at radius 1 is 1.42 bits per heavy atom. The van der Waals surface area contributed by atoms with E-state index in [0.29, 0.717) is 24.7 Å². The molecule has 0 saturated carbocycles. The normalized spacial score (nSPS) is 10.4. The van der Waals surface area contributed by atoms with Gasteiger partial charge in [-0.3, -0.25) is 4.79 Å². The van der Waals surface area contributed by atoms with Gasteiger partial charge in [0.1, 0.15) is 0 Å². The molecule has 5 nitrogen and oxygen atoms in total. The molecule has 1 aromatic heterocycles. The number of nitrogens with zero attached hydrogens (tertiary/aromatic N) is 2. The van der Waals surface area contributed by atoms with E-state index in [9.17, 15) is 4.79 Å². The van der Waals surface area contributed by atoms with Gasteiger partial charge in [-0.25, -0.2) is 4.98 Å². The highest BCUT2D eigenvalue weighted by molar-refractivity contribution is 5.80. The van der Waals surface area contributed by atoms with Gasteiger partial charge in [0, 0.05) is 19.3 Å². The number of likely N-dealkylation sites (N-methyl/N-ethyl adjacent to an activating group) is 1. The summed E-state index contributed by atoms with van der Waals surface area (Å²) < 4.78 is 5.64. The van der Waals surface area contributed by atoms with Crippen molar-refractivity contribution < 1.29 is 9.53 Å². The van der Waals surface area contributed by atoms with Crippen LogP contribution in [0.1, 0.15) is 27.7 Å². The van der Waals surface area contributed by atoms with Crippen molar-refractivity contribution in [2.24, 2.45) is 0 Å². The zero-order valence-corrected chi connectivity index (χ0v) is 12.1. The van der Waals surface area contributed by atoms with Gasteiger partial charge in [-0.15, -0.1) is 0 Å². The maximum Gasteiger partial charge on any atom is 0.241 e. The molecule has 19 heavy (non-hydrogen) atoms. The molecule has 0 aliphatic carbocycles. The van der Waals surface area contributed by atoms with E-state index in [1.54, 1.807) is 11.1 Å². The molecule has 1 heterocycles. The summed E-state index contributed by atoms with van der Waals surface area (Å²) in [5, 5.41) is 3.04. The lowest BCUT2D eigenvalue weighted by Gasteiger charge is -2.19. The number of hydrogen-bond donors (Lipinski definition) is 1. The van der Waals surface area contributed by atoms with E-state index >= 15 is 0 Å². The number of carbonyl (C=O) groups is 1. The molecule has 106 valence electrons. The quantitative estimate of drug-likeness (QED) is 0.820. The summed E-state index contributed by atoms with van der Waals surface area (Å²) in [5.41, 5.74) is 0. The van der Waals surface area contributed by atoms with Crippen LogP contribution < -0.4 is 10.1 Å². The minimum absolute atomic E-state index is 0.0613. The number of nitrogens with one attached hydrogen (secondary N) is 1. The maximum atomic E-state index is 11.9. The fraction of sp³-hybridized carbons (Fsp3) is 0.571. The van der Waals surface area contributed by atoms with Crippen LogP contribution in [0.2, 0.25) is 0 Å². The van der Waals surface area contributed by atoms with Crippen LogP contribution in [0.4, 0.5) is 5.82 Å². The van der Waals surface area contributed by atoms with Crippen molar-refractivity contribution in [1.29, 1.82) is 0 Å². The Kier molecular flexibility index (Phi) is 6.12. The molecule has 1 N–H and O–H groups in total. The summed E-state index contributed by atoms with van der Waals surface area (Å²) in [6, 6.07) is 3.66. The van der Waals surface area contributed by atoms with Crippen LogP contribution in [0.5, 0.6) is 5.75 Å². The third kappa shape index (κ3) is 4.77. The Morgan fingerprint density at radius 2 is 2.11 bits per heavy atom. The maximum absolute atomic E-state index is 11.9. The second-order valence-electron chi connectivity index (χ2n) is 4.44. The molecule has 1 rings (SSSR count). The summed E-state index contributed by atoms with van der Waals surface area (Å²) in [5.74, 6) is 1.34. The first-order valence-electron chi connectivity index (χ1n) is 6.71. The van der Waals surface area contributed by atoms with Crippen molar-refractivity contribution in [1.82, 2.24) is 9.88 Å². The van der Waals surface area contributed by atoms with E-state index in [0.717, 1.165) is 0 Å². The topological polar surface area (TPSA) is 54.5 Å². The molecule has 0 aliphatic rings. The number of anilines is 1. The number of rotatable bonds is 7. The molecule has 0 radical (unpaired) electrons. The fourth-order valence-corrected chi connectivity index (χ4v) is 1.72. The molecule has 0 bridgehead atoms. The zero-order valence-electron chi connectivity index (χ0n) is 12.1. The average molecular weight is 265 g/mol. The van der Waals surface area contributed by atoms with Crippen LogP contribution in [0.25, 0.3) is 0 Å². The second kappa shape index (κ2) is 7.61. The number of hydrogen-bond acceptors (Lipinski definition) is 4. The Morgan fingerprint density at radius 3 is 2.68 bits per heavy atom. The van der Waals surface area contributed by atoms with E-state index in [4.69, 9.17) is 4.74 Å². The molecule has 0 saturated heterocycles. The minimum Gasteiger partial charge on any atom is -0.487 e. The van der Waals surface area contributed by atoms with Crippen LogP contribution in [-0.2, 0) is 4.79 Å². The van der Waals surface area contributed by atoms with Crippen molar-refractivity contribution in [3.05, 3.63) is 18.3 Å². The van der Waals surface area contributed by atoms with E-state index < -0.39 is 0 Å². The van der Waals surface area contributed by atoms with Gasteiger partial charge in [0.15, 0.2) is 11.6 Å². The highest BCUT2D eigenvalue weighted by Crippen LogP contribution is 2.21. The van der Waals surface area contributed by atoms with Crippen molar-refractivity contribution in [3.8, 4) is 5.75 Å². The molecule has 0 unspecified atom stereocenters. The van der Waals surface area contributed by atoms with Crippen LogP contribution in [0.3, 0.4) is 0 Å². The molecule has 0 aliphatic heterocycles. The average Bonchev–Trinajstić information content (AvgIpc) is 2.38. The number of aromatic nitrogens is 1. The minimum atomic E-state index is 0.0613. The van der Waals surface area contributed by atoms with Crippen molar-refractivity contribution in [3.63, 3.8) is 0 Å². The van der Waals surface area contributed by atoms with Crippen LogP contribution in [0, 0.1) is 0 Å². The van der Waals surface area contributed by atoms with E-state index in [2.05, 4.69) is 10.3 Å². The van der Waals surface area contributed by atoms with Gasteiger partial charge in [0.25, 0.3) is 0 Å². The van der Waals surface area contributed by atoms with Gasteiger partial charge >= 0.3 is 0 Å². The highest BCUT2D eigenvalue weighted by atomic mass is 16.5. The first kappa shape index (κ1) is 15.3. The Balaban J connectivity index is 2.64. The smallest absolute Gasteiger partial charge is 0.241 e. The van der Waals surface area contributed by atoms with Gasteiger partial charge in [0.05, 0.1) is 12.6 Å². The van der Waals surface area contributed by atoms with Gasteiger partial charge in [-0.2, -0.15) is 0 Å². The lowest BCUT2D eigenvalue weighted by molar-refractivity contribution is -0.128. The molecule has 1 amide bonds. The summed E-state index contributed by atoms with van der Waals surface area (Å²) in [4.78, 5) is 17.9. The first-order valence-corrected chi connectivity index (χ1v) is 6.71. The predicted octanol–water partition coefficient (Wildman–Crippen LogP) is 2.15. The molecule has 0 spiro atoms. The largest absolute Gasteiger partial charge is 0.487 e. The number of amides is 1. The predicted molar refractivity (Wildman–Crippen MR) is 76.4 cm³/mol. The number of ether oxygens (including phenoxy) is 1. The molecule has 5 heteroatoms. The SMILES string of the molecule is CCN(CC)C(=O)CNc1ncccc1OC(C)C. The molecular weight excluding hydrogens is 242 g/mol.